The second-order valence-electron chi connectivity index (χ2n) is 7.23. The molecule has 0 radical (unpaired) electrons. The molecule has 2 aliphatic rings. The van der Waals surface area contributed by atoms with Gasteiger partial charge in [-0.25, -0.2) is 0 Å². The molecule has 0 aliphatic carbocycles. The number of nitrogens with zero attached hydrogens (tertiary/aromatic N) is 3. The molecule has 2 heterocycles. The van der Waals surface area contributed by atoms with E-state index >= 15 is 0 Å². The van der Waals surface area contributed by atoms with E-state index in [0.29, 0.717) is 0 Å². The Kier molecular flexibility index (Phi) is 5.83. The Hall–Kier alpha value is -1.49. The minimum absolute atomic E-state index is 1.06. The summed E-state index contributed by atoms with van der Waals surface area (Å²) in [6, 6.07) is 17.6. The summed E-state index contributed by atoms with van der Waals surface area (Å²) < 4.78 is 0. The number of anilines is 2. The molecule has 4 heteroatoms. The molecule has 1 saturated heterocycles. The van der Waals surface area contributed by atoms with Crippen LogP contribution in [0.2, 0.25) is 0 Å². The maximum atomic E-state index is 2.63. The number of piperazine rings is 1. The zero-order valence-electron chi connectivity index (χ0n) is 15.7. The summed E-state index contributed by atoms with van der Waals surface area (Å²) in [5, 5.41) is 0. The highest BCUT2D eigenvalue weighted by Crippen LogP contribution is 2.47. The van der Waals surface area contributed by atoms with Gasteiger partial charge in [0.2, 0.25) is 0 Å². The lowest BCUT2D eigenvalue weighted by molar-refractivity contribution is 0.134. The van der Waals surface area contributed by atoms with Gasteiger partial charge in [-0.1, -0.05) is 49.4 Å². The maximum Gasteiger partial charge on any atom is 0.0553 e. The van der Waals surface area contributed by atoms with Crippen LogP contribution in [0.3, 0.4) is 0 Å². The Labute approximate surface area is 162 Å². The molecule has 0 atom stereocenters. The molecule has 3 nitrogen and oxygen atoms in total. The van der Waals surface area contributed by atoms with Gasteiger partial charge in [-0.15, -0.1) is 0 Å². The summed E-state index contributed by atoms with van der Waals surface area (Å²) in [4.78, 5) is 10.5. The number of rotatable bonds is 6. The van der Waals surface area contributed by atoms with Crippen molar-refractivity contribution < 1.29 is 0 Å². The zero-order chi connectivity index (χ0) is 17.8. The first-order valence-electron chi connectivity index (χ1n) is 9.93. The van der Waals surface area contributed by atoms with Gasteiger partial charge < -0.3 is 9.80 Å². The van der Waals surface area contributed by atoms with Crippen LogP contribution in [0.1, 0.15) is 19.8 Å². The Bertz CT molecular complexity index is 679. The van der Waals surface area contributed by atoms with E-state index in [4.69, 9.17) is 0 Å². The molecule has 1 fully saturated rings. The molecule has 0 spiro atoms. The fourth-order valence-corrected chi connectivity index (χ4v) is 4.98. The minimum Gasteiger partial charge on any atom is -0.338 e. The number of hydrogen-bond acceptors (Lipinski definition) is 4. The van der Waals surface area contributed by atoms with E-state index < -0.39 is 0 Å². The first-order valence-corrected chi connectivity index (χ1v) is 10.7. The van der Waals surface area contributed by atoms with Crippen molar-refractivity contribution in [2.24, 2.45) is 0 Å². The van der Waals surface area contributed by atoms with E-state index in [0.717, 1.165) is 13.1 Å². The van der Waals surface area contributed by atoms with Gasteiger partial charge in [-0.3, -0.25) is 4.90 Å². The van der Waals surface area contributed by atoms with Crippen LogP contribution >= 0.6 is 11.8 Å². The summed E-state index contributed by atoms with van der Waals surface area (Å²) in [6.07, 6.45) is 2.63. The van der Waals surface area contributed by atoms with Gasteiger partial charge in [-0.2, -0.15) is 0 Å². The van der Waals surface area contributed by atoms with Gasteiger partial charge in [0.1, 0.15) is 0 Å². The molecule has 26 heavy (non-hydrogen) atoms. The zero-order valence-corrected chi connectivity index (χ0v) is 16.5. The third kappa shape index (κ3) is 3.93. The van der Waals surface area contributed by atoms with E-state index in [1.807, 2.05) is 11.8 Å². The monoisotopic (exact) mass is 367 g/mol. The predicted octanol–water partition coefficient (Wildman–Crippen LogP) is 4.71. The minimum atomic E-state index is 1.06. The summed E-state index contributed by atoms with van der Waals surface area (Å²) in [7, 11) is 0. The van der Waals surface area contributed by atoms with Gasteiger partial charge in [0.25, 0.3) is 0 Å². The molecule has 0 unspecified atom stereocenters. The lowest BCUT2D eigenvalue weighted by Crippen LogP contribution is -2.48. The van der Waals surface area contributed by atoms with Crippen molar-refractivity contribution in [3.05, 3.63) is 48.5 Å². The van der Waals surface area contributed by atoms with E-state index in [1.54, 1.807) is 0 Å². The fourth-order valence-electron chi connectivity index (χ4n) is 3.88. The van der Waals surface area contributed by atoms with Gasteiger partial charge in [0, 0.05) is 49.1 Å². The Morgan fingerprint density at radius 2 is 1.27 bits per heavy atom. The summed E-state index contributed by atoms with van der Waals surface area (Å²) in [5.74, 6) is 0. The third-order valence-electron chi connectivity index (χ3n) is 5.46. The van der Waals surface area contributed by atoms with Gasteiger partial charge in [-0.05, 0) is 37.2 Å². The molecule has 0 aromatic heterocycles. The molecular weight excluding hydrogens is 338 g/mol. The van der Waals surface area contributed by atoms with Crippen molar-refractivity contribution in [2.45, 2.75) is 29.6 Å². The number of benzene rings is 2. The van der Waals surface area contributed by atoms with Crippen LogP contribution in [-0.4, -0.2) is 55.6 Å². The lowest BCUT2D eigenvalue weighted by atomic mass is 10.2. The second-order valence-corrected chi connectivity index (χ2v) is 8.31. The van der Waals surface area contributed by atoms with E-state index in [9.17, 15) is 0 Å². The first-order chi connectivity index (χ1) is 12.8. The lowest BCUT2D eigenvalue weighted by Gasteiger charge is -2.37. The van der Waals surface area contributed by atoms with Crippen molar-refractivity contribution in [3.63, 3.8) is 0 Å². The quantitative estimate of drug-likeness (QED) is 0.731. The maximum absolute atomic E-state index is 2.63. The topological polar surface area (TPSA) is 9.72 Å². The van der Waals surface area contributed by atoms with Crippen LogP contribution in [0.4, 0.5) is 11.4 Å². The first kappa shape index (κ1) is 17.9. The highest BCUT2D eigenvalue weighted by molar-refractivity contribution is 7.99. The highest BCUT2D eigenvalue weighted by Gasteiger charge is 2.24. The molecule has 0 saturated carbocycles. The number of hydrogen-bond donors (Lipinski definition) is 0. The fraction of sp³-hybridized carbons (Fsp3) is 0.455. The smallest absolute Gasteiger partial charge is 0.0553 e. The van der Waals surface area contributed by atoms with Crippen molar-refractivity contribution in [2.75, 3.05) is 50.7 Å². The van der Waals surface area contributed by atoms with Gasteiger partial charge >= 0.3 is 0 Å². The number of para-hydroxylation sites is 2. The van der Waals surface area contributed by atoms with E-state index in [1.165, 1.54) is 66.7 Å². The van der Waals surface area contributed by atoms with Gasteiger partial charge in [0.05, 0.1) is 11.4 Å². The van der Waals surface area contributed by atoms with E-state index in [2.05, 4.69) is 70.2 Å². The van der Waals surface area contributed by atoms with Crippen LogP contribution in [0, 0.1) is 0 Å². The Balaban J connectivity index is 1.41. The molecule has 0 amide bonds. The Morgan fingerprint density at radius 3 is 1.85 bits per heavy atom. The standard InChI is InChI=1S/C22H29N3S/c1-2-3-12-23-13-15-24(16-14-23)17-18-25-19-8-4-6-10-21(19)26-22-11-7-5-9-20(22)25/h4-11H,2-3,12-18H2,1H3. The van der Waals surface area contributed by atoms with Crippen LogP contribution < -0.4 is 4.90 Å². The van der Waals surface area contributed by atoms with Crippen molar-refractivity contribution in [1.29, 1.82) is 0 Å². The molecule has 2 aliphatic heterocycles. The summed E-state index contributed by atoms with van der Waals surface area (Å²) >= 11 is 1.89. The highest BCUT2D eigenvalue weighted by atomic mass is 32.2. The molecular formula is C22H29N3S. The van der Waals surface area contributed by atoms with Crippen LogP contribution in [-0.2, 0) is 0 Å². The van der Waals surface area contributed by atoms with Crippen LogP contribution in [0.25, 0.3) is 0 Å². The molecule has 2 aromatic rings. The summed E-state index contributed by atoms with van der Waals surface area (Å²) in [6.45, 7) is 10.6. The van der Waals surface area contributed by atoms with Crippen molar-refractivity contribution >= 4 is 23.1 Å². The molecule has 2 aromatic carbocycles. The van der Waals surface area contributed by atoms with Crippen LogP contribution in [0.15, 0.2) is 58.3 Å². The van der Waals surface area contributed by atoms with Crippen molar-refractivity contribution in [3.8, 4) is 0 Å². The molecule has 138 valence electrons. The SMILES string of the molecule is CCCCN1CCN(CCN2c3ccccc3Sc3ccccc32)CC1. The second kappa shape index (κ2) is 8.47. The molecule has 4 rings (SSSR count). The molecule has 0 bridgehead atoms. The average Bonchev–Trinajstić information content (AvgIpc) is 2.70. The molecule has 0 N–H and O–H groups in total. The summed E-state index contributed by atoms with van der Waals surface area (Å²) in [5.41, 5.74) is 2.72. The van der Waals surface area contributed by atoms with Gasteiger partial charge in [0.15, 0.2) is 0 Å². The largest absolute Gasteiger partial charge is 0.338 e. The predicted molar refractivity (Wildman–Crippen MR) is 112 cm³/mol. The van der Waals surface area contributed by atoms with Crippen LogP contribution in [0.5, 0.6) is 0 Å². The Morgan fingerprint density at radius 1 is 0.731 bits per heavy atom. The number of fused-ring (bicyclic) bond motifs is 2. The average molecular weight is 368 g/mol. The van der Waals surface area contributed by atoms with E-state index in [-0.39, 0.29) is 0 Å². The van der Waals surface area contributed by atoms with Crippen molar-refractivity contribution in [1.82, 2.24) is 9.80 Å². The third-order valence-corrected chi connectivity index (χ3v) is 6.59. The normalized spacial score (nSPS) is 17.8. The number of unbranched alkanes of at least 4 members (excludes halogenated alkanes) is 1.